The summed E-state index contributed by atoms with van der Waals surface area (Å²) < 4.78 is 13.0. The van der Waals surface area contributed by atoms with Gasteiger partial charge in [-0.2, -0.15) is 0 Å². The van der Waals surface area contributed by atoms with Crippen LogP contribution in [-0.4, -0.2) is 5.67 Å². The topological polar surface area (TPSA) is 0 Å². The van der Waals surface area contributed by atoms with Crippen molar-refractivity contribution >= 4 is 0 Å². The molecule has 1 heteroatoms. The Morgan fingerprint density at radius 2 is 1.88 bits per heavy atom. The first kappa shape index (κ1) is 6.06. The van der Waals surface area contributed by atoms with Crippen LogP contribution in [0, 0.1) is 0 Å². The molecule has 0 N–H and O–H groups in total. The van der Waals surface area contributed by atoms with Crippen LogP contribution >= 0.6 is 0 Å². The van der Waals surface area contributed by atoms with Crippen molar-refractivity contribution in [2.75, 3.05) is 0 Å². The molecular weight excluding hydrogens is 103 g/mol. The van der Waals surface area contributed by atoms with E-state index in [1.165, 1.54) is 0 Å². The third-order valence-electron chi connectivity index (χ3n) is 2.13. The number of hydrogen-bond donors (Lipinski definition) is 0. The molecule has 0 spiro atoms. The van der Waals surface area contributed by atoms with Crippen molar-refractivity contribution in [3.05, 3.63) is 0 Å². The fourth-order valence-electron chi connectivity index (χ4n) is 1.36. The SMILES string of the molecule is CCC1(F)CCCC1. The van der Waals surface area contributed by atoms with Gasteiger partial charge >= 0.3 is 0 Å². The molecule has 0 unspecified atom stereocenters. The van der Waals surface area contributed by atoms with Crippen molar-refractivity contribution in [1.82, 2.24) is 0 Å². The molecule has 0 aromatic rings. The molecule has 0 amide bonds. The first-order valence-electron chi connectivity index (χ1n) is 3.46. The average Bonchev–Trinajstić information content (AvgIpc) is 2.17. The normalized spacial score (nSPS) is 26.2. The van der Waals surface area contributed by atoms with Crippen LogP contribution in [0.25, 0.3) is 0 Å². The molecule has 0 aromatic heterocycles. The highest BCUT2D eigenvalue weighted by molar-refractivity contribution is 4.82. The van der Waals surface area contributed by atoms with Gasteiger partial charge in [0.05, 0.1) is 0 Å². The molecule has 1 aliphatic carbocycles. The second-order valence-electron chi connectivity index (χ2n) is 2.71. The van der Waals surface area contributed by atoms with E-state index >= 15 is 0 Å². The molecule has 0 nitrogen and oxygen atoms in total. The average molecular weight is 116 g/mol. The number of hydrogen-bond acceptors (Lipinski definition) is 0. The number of alkyl halides is 1. The van der Waals surface area contributed by atoms with Crippen LogP contribution < -0.4 is 0 Å². The van der Waals surface area contributed by atoms with E-state index in [2.05, 4.69) is 0 Å². The maximum Gasteiger partial charge on any atom is 0.110 e. The molecule has 0 radical (unpaired) electrons. The quantitative estimate of drug-likeness (QED) is 0.494. The molecule has 48 valence electrons. The second-order valence-corrected chi connectivity index (χ2v) is 2.71. The summed E-state index contributed by atoms with van der Waals surface area (Å²) in [5.74, 6) is 0. The van der Waals surface area contributed by atoms with Gasteiger partial charge in [-0.25, -0.2) is 4.39 Å². The molecule has 0 bridgehead atoms. The van der Waals surface area contributed by atoms with Crippen molar-refractivity contribution < 1.29 is 4.39 Å². The Hall–Kier alpha value is -0.0700. The Balaban J connectivity index is 2.40. The van der Waals surface area contributed by atoms with Crippen LogP contribution in [0.1, 0.15) is 39.0 Å². The van der Waals surface area contributed by atoms with E-state index in [-0.39, 0.29) is 0 Å². The van der Waals surface area contributed by atoms with E-state index in [1.807, 2.05) is 6.92 Å². The van der Waals surface area contributed by atoms with Gasteiger partial charge in [-0.15, -0.1) is 0 Å². The molecule has 1 fully saturated rings. The molecule has 0 heterocycles. The van der Waals surface area contributed by atoms with Crippen molar-refractivity contribution in [2.45, 2.75) is 44.7 Å². The predicted molar refractivity (Wildman–Crippen MR) is 32.6 cm³/mol. The molecule has 0 saturated heterocycles. The van der Waals surface area contributed by atoms with Gasteiger partial charge in [0.2, 0.25) is 0 Å². The summed E-state index contributed by atoms with van der Waals surface area (Å²) in [5, 5.41) is 0. The van der Waals surface area contributed by atoms with Crippen LogP contribution in [0.5, 0.6) is 0 Å². The van der Waals surface area contributed by atoms with Gasteiger partial charge in [-0.3, -0.25) is 0 Å². The minimum absolute atomic E-state index is 0.715. The van der Waals surface area contributed by atoms with Crippen LogP contribution in [0.4, 0.5) is 4.39 Å². The van der Waals surface area contributed by atoms with Gasteiger partial charge in [-0.1, -0.05) is 19.8 Å². The van der Waals surface area contributed by atoms with Crippen LogP contribution in [-0.2, 0) is 0 Å². The lowest BCUT2D eigenvalue weighted by molar-refractivity contribution is 0.167. The number of rotatable bonds is 1. The van der Waals surface area contributed by atoms with Gasteiger partial charge in [0.25, 0.3) is 0 Å². The molecular formula is C7H13F. The lowest BCUT2D eigenvalue weighted by Crippen LogP contribution is -2.14. The fraction of sp³-hybridized carbons (Fsp3) is 1.00. The Labute approximate surface area is 50.1 Å². The van der Waals surface area contributed by atoms with Crippen LogP contribution in [0.3, 0.4) is 0 Å². The fourth-order valence-corrected chi connectivity index (χ4v) is 1.36. The highest BCUT2D eigenvalue weighted by Crippen LogP contribution is 2.35. The maximum absolute atomic E-state index is 13.0. The molecule has 1 rings (SSSR count). The Bertz CT molecular complexity index is 72.5. The van der Waals surface area contributed by atoms with Crippen molar-refractivity contribution in [3.63, 3.8) is 0 Å². The van der Waals surface area contributed by atoms with Crippen LogP contribution in [0.2, 0.25) is 0 Å². The lowest BCUT2D eigenvalue weighted by Gasteiger charge is -2.14. The molecule has 1 aliphatic rings. The Morgan fingerprint density at radius 3 is 2.12 bits per heavy atom. The van der Waals surface area contributed by atoms with Gasteiger partial charge in [0, 0.05) is 0 Å². The third-order valence-corrected chi connectivity index (χ3v) is 2.13. The summed E-state index contributed by atoms with van der Waals surface area (Å²) in [7, 11) is 0. The molecule has 1 saturated carbocycles. The summed E-state index contributed by atoms with van der Waals surface area (Å²) in [6, 6.07) is 0. The van der Waals surface area contributed by atoms with Crippen molar-refractivity contribution in [1.29, 1.82) is 0 Å². The van der Waals surface area contributed by atoms with E-state index < -0.39 is 5.67 Å². The lowest BCUT2D eigenvalue weighted by atomic mass is 10.0. The summed E-state index contributed by atoms with van der Waals surface area (Å²) in [6.45, 7) is 1.94. The monoisotopic (exact) mass is 116 g/mol. The summed E-state index contributed by atoms with van der Waals surface area (Å²) in [5.41, 5.74) is -0.764. The van der Waals surface area contributed by atoms with Gasteiger partial charge in [0.15, 0.2) is 0 Å². The van der Waals surface area contributed by atoms with E-state index in [4.69, 9.17) is 0 Å². The molecule has 0 aliphatic heterocycles. The second kappa shape index (κ2) is 2.04. The first-order chi connectivity index (χ1) is 3.77. The zero-order valence-corrected chi connectivity index (χ0v) is 5.41. The summed E-state index contributed by atoms with van der Waals surface area (Å²) in [4.78, 5) is 0. The first-order valence-corrected chi connectivity index (χ1v) is 3.46. The Morgan fingerprint density at radius 1 is 1.38 bits per heavy atom. The molecule has 8 heavy (non-hydrogen) atoms. The van der Waals surface area contributed by atoms with E-state index in [1.54, 1.807) is 0 Å². The van der Waals surface area contributed by atoms with Crippen molar-refractivity contribution in [3.8, 4) is 0 Å². The van der Waals surface area contributed by atoms with Gasteiger partial charge in [0.1, 0.15) is 5.67 Å². The minimum Gasteiger partial charge on any atom is -0.244 e. The summed E-state index contributed by atoms with van der Waals surface area (Å²) >= 11 is 0. The number of halogens is 1. The van der Waals surface area contributed by atoms with E-state index in [0.717, 1.165) is 25.7 Å². The largest absolute Gasteiger partial charge is 0.244 e. The maximum atomic E-state index is 13.0. The smallest absolute Gasteiger partial charge is 0.110 e. The van der Waals surface area contributed by atoms with E-state index in [9.17, 15) is 4.39 Å². The van der Waals surface area contributed by atoms with Gasteiger partial charge in [-0.05, 0) is 19.3 Å². The van der Waals surface area contributed by atoms with Crippen molar-refractivity contribution in [2.24, 2.45) is 0 Å². The predicted octanol–water partition coefficient (Wildman–Crippen LogP) is 2.68. The standard InChI is InChI=1S/C7H13F/c1-2-7(8)5-3-4-6-7/h2-6H2,1H3. The minimum atomic E-state index is -0.764. The molecule has 0 atom stereocenters. The Kier molecular flexibility index (Phi) is 1.54. The zero-order chi connectivity index (χ0) is 6.04. The highest BCUT2D eigenvalue weighted by atomic mass is 19.1. The zero-order valence-electron chi connectivity index (χ0n) is 5.41. The third kappa shape index (κ3) is 1.01. The molecule has 0 aromatic carbocycles. The summed E-state index contributed by atoms with van der Waals surface area (Å²) in [6.07, 6.45) is 4.54. The van der Waals surface area contributed by atoms with Crippen LogP contribution in [0.15, 0.2) is 0 Å². The highest BCUT2D eigenvalue weighted by Gasteiger charge is 2.30. The van der Waals surface area contributed by atoms with Gasteiger partial charge < -0.3 is 0 Å². The van der Waals surface area contributed by atoms with E-state index in [0.29, 0.717) is 6.42 Å².